The highest BCUT2D eigenvalue weighted by molar-refractivity contribution is 6.32. The molecule has 1 aromatic carbocycles. The van der Waals surface area contributed by atoms with E-state index >= 15 is 0 Å². The lowest BCUT2D eigenvalue weighted by Gasteiger charge is -2.21. The van der Waals surface area contributed by atoms with Gasteiger partial charge in [0, 0.05) is 20.2 Å². The lowest BCUT2D eigenvalue weighted by atomic mass is 10.1. The summed E-state index contributed by atoms with van der Waals surface area (Å²) in [6, 6.07) is 3.91. The van der Waals surface area contributed by atoms with Crippen LogP contribution in [-0.4, -0.2) is 51.5 Å². The number of fused-ring (bicyclic) bond motifs is 1. The smallest absolute Gasteiger partial charge is 0.191 e. The molecule has 25 heavy (non-hydrogen) atoms. The Kier molecular flexibility index (Phi) is 7.20. The number of benzene rings is 1. The molecule has 0 unspecified atom stereocenters. The molecule has 140 valence electrons. The number of nitrogens with zero attached hydrogens (tertiary/aromatic N) is 1. The van der Waals surface area contributed by atoms with E-state index in [2.05, 4.69) is 15.6 Å². The van der Waals surface area contributed by atoms with E-state index in [0.29, 0.717) is 30.5 Å². The van der Waals surface area contributed by atoms with Crippen molar-refractivity contribution in [2.45, 2.75) is 32.8 Å². The van der Waals surface area contributed by atoms with Crippen LogP contribution in [0.2, 0.25) is 5.02 Å². The van der Waals surface area contributed by atoms with E-state index in [9.17, 15) is 0 Å². The van der Waals surface area contributed by atoms with Crippen molar-refractivity contribution in [3.8, 4) is 11.5 Å². The third kappa shape index (κ3) is 5.97. The number of methoxy groups -OCH3 is 1. The average molecular weight is 370 g/mol. The van der Waals surface area contributed by atoms with Gasteiger partial charge in [-0.2, -0.15) is 0 Å². The fourth-order valence-corrected chi connectivity index (χ4v) is 2.60. The van der Waals surface area contributed by atoms with Gasteiger partial charge in [0.25, 0.3) is 0 Å². The summed E-state index contributed by atoms with van der Waals surface area (Å²) in [7, 11) is 1.70. The molecule has 1 aromatic rings. The van der Waals surface area contributed by atoms with Crippen LogP contribution in [-0.2, 0) is 11.2 Å². The van der Waals surface area contributed by atoms with Crippen LogP contribution in [0.5, 0.6) is 11.5 Å². The van der Waals surface area contributed by atoms with Crippen molar-refractivity contribution in [1.82, 2.24) is 10.6 Å². The second-order valence-electron chi connectivity index (χ2n) is 6.44. The first-order valence-electron chi connectivity index (χ1n) is 8.60. The van der Waals surface area contributed by atoms with Gasteiger partial charge in [0.1, 0.15) is 13.2 Å². The Morgan fingerprint density at radius 2 is 2.04 bits per heavy atom. The zero-order valence-corrected chi connectivity index (χ0v) is 16.2. The fraction of sp³-hybridized carbons (Fsp3) is 0.611. The maximum Gasteiger partial charge on any atom is 0.191 e. The lowest BCUT2D eigenvalue weighted by Crippen LogP contribution is -2.40. The molecule has 2 rings (SSSR count). The van der Waals surface area contributed by atoms with Crippen molar-refractivity contribution >= 4 is 17.6 Å². The molecule has 0 amide bonds. The summed E-state index contributed by atoms with van der Waals surface area (Å²) in [6.07, 6.45) is 0.800. The Balaban J connectivity index is 1.93. The molecule has 0 aromatic heterocycles. The second kappa shape index (κ2) is 9.15. The van der Waals surface area contributed by atoms with Crippen molar-refractivity contribution < 1.29 is 14.2 Å². The first kappa shape index (κ1) is 19.7. The van der Waals surface area contributed by atoms with E-state index in [1.54, 1.807) is 7.11 Å². The van der Waals surface area contributed by atoms with E-state index in [1.807, 2.05) is 32.9 Å². The monoisotopic (exact) mass is 369 g/mol. The van der Waals surface area contributed by atoms with Gasteiger partial charge in [0.05, 0.1) is 17.2 Å². The number of rotatable bonds is 7. The highest BCUT2D eigenvalue weighted by atomic mass is 35.5. The van der Waals surface area contributed by atoms with Gasteiger partial charge in [-0.15, -0.1) is 0 Å². The van der Waals surface area contributed by atoms with Gasteiger partial charge in [0.2, 0.25) is 0 Å². The van der Waals surface area contributed by atoms with Crippen LogP contribution in [0.15, 0.2) is 17.1 Å². The lowest BCUT2D eigenvalue weighted by molar-refractivity contribution is 0.0310. The predicted molar refractivity (Wildman–Crippen MR) is 101 cm³/mol. The van der Waals surface area contributed by atoms with Crippen LogP contribution in [0.3, 0.4) is 0 Å². The minimum Gasteiger partial charge on any atom is -0.486 e. The summed E-state index contributed by atoms with van der Waals surface area (Å²) in [5.41, 5.74) is 0.806. The van der Waals surface area contributed by atoms with Gasteiger partial charge in [-0.3, -0.25) is 4.99 Å². The molecule has 0 aliphatic carbocycles. The average Bonchev–Trinajstić information content (AvgIpc) is 2.60. The van der Waals surface area contributed by atoms with Crippen LogP contribution < -0.4 is 20.1 Å². The third-order valence-corrected chi connectivity index (χ3v) is 4.16. The highest BCUT2D eigenvalue weighted by Crippen LogP contribution is 2.38. The number of guanidine groups is 1. The molecule has 1 aliphatic heterocycles. The van der Waals surface area contributed by atoms with Crippen molar-refractivity contribution in [1.29, 1.82) is 0 Å². The summed E-state index contributed by atoms with van der Waals surface area (Å²) in [5.74, 6) is 2.13. The first-order valence-corrected chi connectivity index (χ1v) is 8.98. The molecule has 0 radical (unpaired) electrons. The topological polar surface area (TPSA) is 64.1 Å². The van der Waals surface area contributed by atoms with Gasteiger partial charge in [0.15, 0.2) is 17.5 Å². The zero-order valence-electron chi connectivity index (χ0n) is 15.4. The van der Waals surface area contributed by atoms with E-state index in [0.717, 1.165) is 36.8 Å². The molecule has 0 saturated heterocycles. The normalized spacial score (nSPS) is 14.4. The fourth-order valence-electron chi connectivity index (χ4n) is 2.31. The van der Waals surface area contributed by atoms with E-state index in [-0.39, 0.29) is 5.60 Å². The molecule has 2 N–H and O–H groups in total. The summed E-state index contributed by atoms with van der Waals surface area (Å²) >= 11 is 6.28. The molecule has 6 nitrogen and oxygen atoms in total. The van der Waals surface area contributed by atoms with Gasteiger partial charge in [-0.1, -0.05) is 11.6 Å². The van der Waals surface area contributed by atoms with Crippen molar-refractivity contribution in [3.63, 3.8) is 0 Å². The maximum absolute atomic E-state index is 6.28. The van der Waals surface area contributed by atoms with E-state index in [4.69, 9.17) is 25.8 Å². The molecule has 7 heteroatoms. The Bertz CT molecular complexity index is 605. The number of aliphatic imine (C=N–C) groups is 1. The predicted octanol–water partition coefficient (Wildman–Crippen LogP) is 2.63. The summed E-state index contributed by atoms with van der Waals surface area (Å²) in [4.78, 5) is 4.57. The Hall–Kier alpha value is -1.66. The Labute approximate surface area is 154 Å². The number of hydrogen-bond donors (Lipinski definition) is 2. The van der Waals surface area contributed by atoms with Gasteiger partial charge in [-0.05, 0) is 44.9 Å². The number of hydrogen-bond acceptors (Lipinski definition) is 4. The summed E-state index contributed by atoms with van der Waals surface area (Å²) in [6.45, 7) is 9.26. The number of nitrogens with one attached hydrogen (secondary N) is 2. The molecule has 0 saturated carbocycles. The quantitative estimate of drug-likeness (QED) is 0.571. The van der Waals surface area contributed by atoms with Crippen molar-refractivity contribution in [2.75, 3.05) is 40.0 Å². The Morgan fingerprint density at radius 1 is 1.28 bits per heavy atom. The molecule has 1 heterocycles. The van der Waals surface area contributed by atoms with Crippen molar-refractivity contribution in [2.24, 2.45) is 4.99 Å². The molecule has 0 bridgehead atoms. The highest BCUT2D eigenvalue weighted by Gasteiger charge is 2.17. The zero-order chi connectivity index (χ0) is 18.3. The first-order chi connectivity index (χ1) is 11.9. The Morgan fingerprint density at radius 3 is 2.76 bits per heavy atom. The number of ether oxygens (including phenoxy) is 3. The molecule has 0 atom stereocenters. The minimum absolute atomic E-state index is 0.286. The third-order valence-electron chi connectivity index (χ3n) is 3.88. The molecule has 0 spiro atoms. The summed E-state index contributed by atoms with van der Waals surface area (Å²) in [5, 5.41) is 7.17. The van der Waals surface area contributed by atoms with Gasteiger partial charge < -0.3 is 24.8 Å². The number of halogens is 1. The van der Waals surface area contributed by atoms with Crippen molar-refractivity contribution in [3.05, 3.63) is 22.7 Å². The van der Waals surface area contributed by atoms with Crippen LogP contribution in [0, 0.1) is 0 Å². The standard InChI is InChI=1S/C18H28ClN3O3/c1-5-20-17(22-12-18(2,3)23-4)21-7-6-13-10-14(19)16-15(11-13)24-8-9-25-16/h10-11H,5-9,12H2,1-4H3,(H2,20,21,22). The largest absolute Gasteiger partial charge is 0.486 e. The van der Waals surface area contributed by atoms with E-state index < -0.39 is 0 Å². The SMILES string of the molecule is CCNC(=NCC(C)(C)OC)NCCc1cc(Cl)c2c(c1)OCCO2. The van der Waals surface area contributed by atoms with Crippen LogP contribution in [0.25, 0.3) is 0 Å². The van der Waals surface area contributed by atoms with Crippen LogP contribution in [0.4, 0.5) is 0 Å². The summed E-state index contributed by atoms with van der Waals surface area (Å²) < 4.78 is 16.6. The van der Waals surface area contributed by atoms with Crippen LogP contribution >= 0.6 is 11.6 Å². The second-order valence-corrected chi connectivity index (χ2v) is 6.84. The molecular weight excluding hydrogens is 342 g/mol. The maximum atomic E-state index is 6.28. The van der Waals surface area contributed by atoms with E-state index in [1.165, 1.54) is 0 Å². The molecule has 1 aliphatic rings. The van der Waals surface area contributed by atoms with Gasteiger partial charge in [-0.25, -0.2) is 0 Å². The van der Waals surface area contributed by atoms with Crippen LogP contribution in [0.1, 0.15) is 26.3 Å². The van der Waals surface area contributed by atoms with Gasteiger partial charge >= 0.3 is 0 Å². The minimum atomic E-state index is -0.286. The molecule has 0 fully saturated rings. The molecular formula is C18H28ClN3O3.